The van der Waals surface area contributed by atoms with Gasteiger partial charge in [0.1, 0.15) is 5.82 Å². The summed E-state index contributed by atoms with van der Waals surface area (Å²) in [6.07, 6.45) is 3.36. The van der Waals surface area contributed by atoms with Gasteiger partial charge in [-0.3, -0.25) is 9.59 Å². The molecule has 2 amide bonds. The van der Waals surface area contributed by atoms with Crippen molar-refractivity contribution in [3.8, 4) is 5.88 Å². The van der Waals surface area contributed by atoms with Crippen molar-refractivity contribution in [1.29, 1.82) is 0 Å². The molecule has 0 saturated heterocycles. The Hall–Kier alpha value is -3.17. The highest BCUT2D eigenvalue weighted by Crippen LogP contribution is 2.35. The van der Waals surface area contributed by atoms with Crippen molar-refractivity contribution in [2.24, 2.45) is 5.92 Å². The standard InChI is InChI=1S/C24H27F3N4O3/c1-14-9-17(11-29-22(14)34-13-24(25,26)27)15(2)31-12-19-18(23(31)33)7-8-28-21(19)30-20(32)10-16-5-3-4-6-16/h7-9,11,15-16H,3-6,10,12-13H2,1-2H3,(H,28,30,32). The molecule has 1 N–H and O–H groups in total. The van der Waals surface area contributed by atoms with E-state index in [2.05, 4.69) is 15.3 Å². The van der Waals surface area contributed by atoms with Gasteiger partial charge in [0.05, 0.1) is 12.6 Å². The maximum absolute atomic E-state index is 13.1. The molecule has 4 rings (SSSR count). The first-order chi connectivity index (χ1) is 16.1. The number of fused-ring (bicyclic) bond motifs is 1. The third-order valence-electron chi connectivity index (χ3n) is 6.46. The second-order valence-corrected chi connectivity index (χ2v) is 8.99. The minimum absolute atomic E-state index is 0.0963. The molecule has 0 spiro atoms. The first-order valence-electron chi connectivity index (χ1n) is 11.4. The van der Waals surface area contributed by atoms with Crippen LogP contribution in [0.4, 0.5) is 19.0 Å². The minimum Gasteiger partial charge on any atom is -0.468 e. The molecule has 2 aromatic heterocycles. The molecule has 0 aromatic carbocycles. The molecule has 0 bridgehead atoms. The highest BCUT2D eigenvalue weighted by atomic mass is 19.4. The summed E-state index contributed by atoms with van der Waals surface area (Å²) in [7, 11) is 0. The number of rotatable bonds is 7. The van der Waals surface area contributed by atoms with Crippen LogP contribution >= 0.6 is 0 Å². The van der Waals surface area contributed by atoms with Gasteiger partial charge in [0, 0.05) is 35.5 Å². The Labute approximate surface area is 195 Å². The van der Waals surface area contributed by atoms with Crippen LogP contribution in [0.3, 0.4) is 0 Å². The van der Waals surface area contributed by atoms with Gasteiger partial charge < -0.3 is 15.0 Å². The lowest BCUT2D eigenvalue weighted by atomic mass is 10.0. The number of hydrogen-bond acceptors (Lipinski definition) is 5. The van der Waals surface area contributed by atoms with Crippen LogP contribution in [0.15, 0.2) is 24.5 Å². The molecule has 1 fully saturated rings. The Morgan fingerprint density at radius 3 is 2.71 bits per heavy atom. The van der Waals surface area contributed by atoms with Gasteiger partial charge in [-0.2, -0.15) is 13.2 Å². The fourth-order valence-corrected chi connectivity index (χ4v) is 4.62. The van der Waals surface area contributed by atoms with Crippen LogP contribution < -0.4 is 10.1 Å². The SMILES string of the molecule is Cc1cc(C(C)N2Cc3c(ccnc3NC(=O)CC3CCCC3)C2=O)cnc1OCC(F)(F)F. The number of carbonyl (C=O) groups excluding carboxylic acids is 2. The molecule has 2 aliphatic rings. The number of aryl methyl sites for hydroxylation is 1. The van der Waals surface area contributed by atoms with Crippen molar-refractivity contribution >= 4 is 17.6 Å². The number of alkyl halides is 3. The van der Waals surface area contributed by atoms with Gasteiger partial charge in [0.25, 0.3) is 5.91 Å². The van der Waals surface area contributed by atoms with Gasteiger partial charge >= 0.3 is 6.18 Å². The summed E-state index contributed by atoms with van der Waals surface area (Å²) in [5.41, 5.74) is 2.25. The molecule has 3 heterocycles. The third-order valence-corrected chi connectivity index (χ3v) is 6.46. The molecular weight excluding hydrogens is 449 g/mol. The molecule has 1 aliphatic heterocycles. The van der Waals surface area contributed by atoms with E-state index in [0.717, 1.165) is 25.7 Å². The zero-order valence-electron chi connectivity index (χ0n) is 19.1. The summed E-state index contributed by atoms with van der Waals surface area (Å²) < 4.78 is 42.1. The third kappa shape index (κ3) is 5.31. The van der Waals surface area contributed by atoms with Gasteiger partial charge in [-0.1, -0.05) is 12.8 Å². The summed E-state index contributed by atoms with van der Waals surface area (Å²) in [5.74, 6) is 0.399. The molecule has 1 saturated carbocycles. The maximum atomic E-state index is 13.1. The van der Waals surface area contributed by atoms with Crippen molar-refractivity contribution < 1.29 is 27.5 Å². The van der Waals surface area contributed by atoms with Crippen molar-refractivity contribution in [1.82, 2.24) is 14.9 Å². The Morgan fingerprint density at radius 1 is 1.29 bits per heavy atom. The molecule has 34 heavy (non-hydrogen) atoms. The van der Waals surface area contributed by atoms with E-state index in [1.54, 1.807) is 24.0 Å². The lowest BCUT2D eigenvalue weighted by Crippen LogP contribution is -2.27. The highest BCUT2D eigenvalue weighted by molar-refractivity contribution is 6.01. The van der Waals surface area contributed by atoms with E-state index in [1.807, 2.05) is 6.92 Å². The van der Waals surface area contributed by atoms with Gasteiger partial charge in [0.15, 0.2) is 6.61 Å². The maximum Gasteiger partial charge on any atom is 0.422 e. The zero-order valence-corrected chi connectivity index (χ0v) is 19.1. The van der Waals surface area contributed by atoms with Crippen LogP contribution in [-0.2, 0) is 11.3 Å². The number of pyridine rings is 2. The number of nitrogens with one attached hydrogen (secondary N) is 1. The first kappa shape index (κ1) is 24.0. The number of carbonyl (C=O) groups is 2. The van der Waals surface area contributed by atoms with Crippen molar-refractivity contribution in [3.63, 3.8) is 0 Å². The number of ether oxygens (including phenoxy) is 1. The minimum atomic E-state index is -4.45. The van der Waals surface area contributed by atoms with E-state index in [0.29, 0.717) is 40.4 Å². The van der Waals surface area contributed by atoms with Crippen molar-refractivity contribution in [2.75, 3.05) is 11.9 Å². The predicted molar refractivity (Wildman–Crippen MR) is 118 cm³/mol. The summed E-state index contributed by atoms with van der Waals surface area (Å²) in [6, 6.07) is 2.90. The first-order valence-corrected chi connectivity index (χ1v) is 11.4. The van der Waals surface area contributed by atoms with Crippen LogP contribution in [-0.4, -0.2) is 39.5 Å². The van der Waals surface area contributed by atoms with Gasteiger partial charge in [-0.05, 0) is 50.3 Å². The van der Waals surface area contributed by atoms with Gasteiger partial charge in [-0.25, -0.2) is 9.97 Å². The number of hydrogen-bond donors (Lipinski definition) is 1. The Morgan fingerprint density at radius 2 is 2.03 bits per heavy atom. The second-order valence-electron chi connectivity index (χ2n) is 8.99. The molecule has 1 atom stereocenters. The smallest absolute Gasteiger partial charge is 0.422 e. The average Bonchev–Trinajstić information content (AvgIpc) is 3.40. The summed E-state index contributed by atoms with van der Waals surface area (Å²) in [5, 5.41) is 2.88. The van der Waals surface area contributed by atoms with Gasteiger partial charge in [0.2, 0.25) is 11.8 Å². The van der Waals surface area contributed by atoms with Crippen LogP contribution in [0, 0.1) is 12.8 Å². The lowest BCUT2D eigenvalue weighted by Gasteiger charge is -2.25. The fraction of sp³-hybridized carbons (Fsp3) is 0.500. The fourth-order valence-electron chi connectivity index (χ4n) is 4.62. The van der Waals surface area contributed by atoms with Crippen LogP contribution in [0.2, 0.25) is 0 Å². The topological polar surface area (TPSA) is 84.4 Å². The molecule has 0 radical (unpaired) electrons. The van der Waals surface area contributed by atoms with Crippen LogP contribution in [0.25, 0.3) is 0 Å². The number of halogens is 3. The summed E-state index contributed by atoms with van der Waals surface area (Å²) in [6.45, 7) is 2.27. The largest absolute Gasteiger partial charge is 0.468 e. The Balaban J connectivity index is 1.46. The second kappa shape index (κ2) is 9.60. The van der Waals surface area contributed by atoms with Crippen molar-refractivity contribution in [3.05, 3.63) is 46.8 Å². The number of aromatic nitrogens is 2. The number of anilines is 1. The molecule has 1 unspecified atom stereocenters. The number of amides is 2. The van der Waals surface area contributed by atoms with E-state index in [1.165, 1.54) is 12.4 Å². The Bertz CT molecular complexity index is 1080. The highest BCUT2D eigenvalue weighted by Gasteiger charge is 2.34. The quantitative estimate of drug-likeness (QED) is 0.611. The normalized spacial score (nSPS) is 17.1. The Kier molecular flexibility index (Phi) is 6.77. The van der Waals surface area contributed by atoms with E-state index in [-0.39, 0.29) is 24.2 Å². The zero-order chi connectivity index (χ0) is 24.5. The van der Waals surface area contributed by atoms with Crippen molar-refractivity contribution in [2.45, 2.75) is 64.7 Å². The molecule has 2 aromatic rings. The van der Waals surface area contributed by atoms with E-state index in [4.69, 9.17) is 4.74 Å². The monoisotopic (exact) mass is 476 g/mol. The molecule has 10 heteroatoms. The van der Waals surface area contributed by atoms with E-state index in [9.17, 15) is 22.8 Å². The molecule has 7 nitrogen and oxygen atoms in total. The van der Waals surface area contributed by atoms with Gasteiger partial charge in [-0.15, -0.1) is 0 Å². The van der Waals surface area contributed by atoms with Crippen LogP contribution in [0.5, 0.6) is 5.88 Å². The van der Waals surface area contributed by atoms with E-state index >= 15 is 0 Å². The molecule has 182 valence electrons. The van der Waals surface area contributed by atoms with E-state index < -0.39 is 18.8 Å². The molecule has 1 aliphatic carbocycles. The predicted octanol–water partition coefficient (Wildman–Crippen LogP) is 4.96. The van der Waals surface area contributed by atoms with Crippen LogP contribution in [0.1, 0.15) is 72.1 Å². The summed E-state index contributed by atoms with van der Waals surface area (Å²) >= 11 is 0. The average molecular weight is 476 g/mol. The lowest BCUT2D eigenvalue weighted by molar-refractivity contribution is -0.154. The number of nitrogens with zero attached hydrogens (tertiary/aromatic N) is 3. The summed E-state index contributed by atoms with van der Waals surface area (Å²) in [4.78, 5) is 35.6. The molecular formula is C24H27F3N4O3.